The molecule has 5 aromatic rings. The van der Waals surface area contributed by atoms with Gasteiger partial charge in [-0.2, -0.15) is 4.57 Å². The molecule has 0 aliphatic heterocycles. The monoisotopic (exact) mass is 487 g/mol. The second-order valence-electron chi connectivity index (χ2n) is 11.6. The Morgan fingerprint density at radius 2 is 1.51 bits per heavy atom. The third kappa shape index (κ3) is 4.11. The van der Waals surface area contributed by atoms with Crippen molar-refractivity contribution in [1.29, 1.82) is 0 Å². The molecule has 0 radical (unpaired) electrons. The Balaban J connectivity index is 1.90. The normalized spacial score (nSPS) is 11.9. The van der Waals surface area contributed by atoms with Crippen LogP contribution in [0, 0.1) is 39.7 Å². The van der Waals surface area contributed by atoms with Gasteiger partial charge in [-0.05, 0) is 54.9 Å². The minimum atomic E-state index is 0.188. The summed E-state index contributed by atoms with van der Waals surface area (Å²) in [7, 11) is 2.15. The van der Waals surface area contributed by atoms with E-state index in [9.17, 15) is 0 Å². The second kappa shape index (κ2) is 8.89. The molecule has 0 unspecified atom stereocenters. The van der Waals surface area contributed by atoms with Crippen LogP contribution in [0.4, 0.5) is 5.69 Å². The zero-order valence-electron chi connectivity index (χ0n) is 23.2. The van der Waals surface area contributed by atoms with Crippen LogP contribution in [0.2, 0.25) is 0 Å². The van der Waals surface area contributed by atoms with Gasteiger partial charge in [-0.15, -0.1) is 0 Å². The van der Waals surface area contributed by atoms with Crippen molar-refractivity contribution in [2.24, 2.45) is 12.5 Å². The Labute approximate surface area is 220 Å². The van der Waals surface area contributed by atoms with Crippen molar-refractivity contribution in [3.63, 3.8) is 0 Å². The van der Waals surface area contributed by atoms with Crippen LogP contribution in [0.15, 0.2) is 59.0 Å². The molecule has 0 fully saturated rings. The molecule has 0 N–H and O–H groups in total. The maximum atomic E-state index is 7.94. The lowest BCUT2D eigenvalue weighted by molar-refractivity contribution is -0.667. The molecule has 3 aromatic carbocycles. The number of benzene rings is 3. The topological polar surface area (TPSA) is 21.4 Å². The molecule has 2 aromatic heterocycles. The Hall–Kier alpha value is -3.90. The van der Waals surface area contributed by atoms with E-state index in [0.717, 1.165) is 56.3 Å². The quantitative estimate of drug-likeness (QED) is 0.184. The highest BCUT2D eigenvalue weighted by Gasteiger charge is 2.27. The van der Waals surface area contributed by atoms with Gasteiger partial charge in [0.15, 0.2) is 5.69 Å². The molecule has 5 rings (SSSR count). The third-order valence-electron chi connectivity index (χ3n) is 7.65. The van der Waals surface area contributed by atoms with E-state index >= 15 is 0 Å². The summed E-state index contributed by atoms with van der Waals surface area (Å²) in [6, 6.07) is 19.0. The van der Waals surface area contributed by atoms with Gasteiger partial charge in [0.1, 0.15) is 18.2 Å². The van der Waals surface area contributed by atoms with E-state index in [2.05, 4.69) is 94.4 Å². The van der Waals surface area contributed by atoms with E-state index in [4.69, 9.17) is 11.0 Å². The van der Waals surface area contributed by atoms with Crippen molar-refractivity contribution in [1.82, 2.24) is 0 Å². The number of fused-ring (bicyclic) bond motifs is 3. The summed E-state index contributed by atoms with van der Waals surface area (Å²) in [6.07, 6.45) is 1.01. The van der Waals surface area contributed by atoms with Crippen LogP contribution < -0.4 is 4.57 Å². The van der Waals surface area contributed by atoms with Gasteiger partial charge < -0.3 is 4.42 Å². The number of pyridine rings is 1. The summed E-state index contributed by atoms with van der Waals surface area (Å²) >= 11 is 0. The highest BCUT2D eigenvalue weighted by molar-refractivity contribution is 6.15. The van der Waals surface area contributed by atoms with Crippen molar-refractivity contribution in [2.75, 3.05) is 0 Å². The van der Waals surface area contributed by atoms with E-state index in [1.54, 1.807) is 0 Å². The summed E-state index contributed by atoms with van der Waals surface area (Å²) in [5.41, 5.74) is 12.8. The minimum absolute atomic E-state index is 0.188. The van der Waals surface area contributed by atoms with Crippen molar-refractivity contribution >= 4 is 27.6 Å². The lowest BCUT2D eigenvalue weighted by atomic mass is 9.85. The van der Waals surface area contributed by atoms with Gasteiger partial charge in [0.25, 0.3) is 0 Å². The van der Waals surface area contributed by atoms with Crippen molar-refractivity contribution in [3.8, 4) is 22.4 Å². The lowest BCUT2D eigenvalue weighted by Crippen LogP contribution is -2.36. The van der Waals surface area contributed by atoms with Gasteiger partial charge in [-0.1, -0.05) is 69.3 Å². The van der Waals surface area contributed by atoms with Crippen molar-refractivity contribution in [2.45, 2.75) is 54.9 Å². The fourth-order valence-electron chi connectivity index (χ4n) is 5.56. The van der Waals surface area contributed by atoms with E-state index < -0.39 is 0 Å². The molecule has 37 heavy (non-hydrogen) atoms. The fraction of sp³-hybridized carbons (Fsp3) is 0.294. The van der Waals surface area contributed by atoms with Crippen LogP contribution in [0.1, 0.15) is 48.7 Å². The summed E-state index contributed by atoms with van der Waals surface area (Å²) in [5, 5.41) is 2.14. The number of nitrogens with zero attached hydrogens (tertiary/aromatic N) is 2. The van der Waals surface area contributed by atoms with Crippen LogP contribution in [0.5, 0.6) is 0 Å². The molecular weight excluding hydrogens is 452 g/mol. The Morgan fingerprint density at radius 1 is 0.838 bits per heavy atom. The molecule has 0 spiro atoms. The molecule has 186 valence electrons. The van der Waals surface area contributed by atoms with Crippen LogP contribution in [0.3, 0.4) is 0 Å². The highest BCUT2D eigenvalue weighted by atomic mass is 16.3. The van der Waals surface area contributed by atoms with Crippen molar-refractivity contribution in [3.05, 3.63) is 94.0 Å². The lowest BCUT2D eigenvalue weighted by Gasteiger charge is -2.20. The average molecular weight is 488 g/mol. The SMILES string of the molecule is [C-]#[N+]c1c(C)cc2c(oc3c(-c4cc(CC(C)(C)C)c(C)c(C)[n+]4C)c(C)ccc32)c1-c1ccccc1. The summed E-state index contributed by atoms with van der Waals surface area (Å²) in [6.45, 7) is 23.4. The predicted molar refractivity (Wildman–Crippen MR) is 154 cm³/mol. The molecule has 2 heterocycles. The Kier molecular flexibility index (Phi) is 5.95. The molecule has 3 heteroatoms. The van der Waals surface area contributed by atoms with Gasteiger partial charge in [0.2, 0.25) is 11.4 Å². The molecule has 0 aliphatic carbocycles. The molecule has 3 nitrogen and oxygen atoms in total. The summed E-state index contributed by atoms with van der Waals surface area (Å²) in [5.74, 6) is 0. The average Bonchev–Trinajstić information content (AvgIpc) is 3.21. The van der Waals surface area contributed by atoms with E-state index in [1.165, 1.54) is 22.4 Å². The molecular formula is C34H35N2O+. The molecule has 0 bridgehead atoms. The summed E-state index contributed by atoms with van der Waals surface area (Å²) in [4.78, 5) is 3.93. The maximum Gasteiger partial charge on any atom is 0.216 e. The molecule has 0 atom stereocenters. The van der Waals surface area contributed by atoms with Crippen LogP contribution >= 0.6 is 0 Å². The highest BCUT2D eigenvalue weighted by Crippen LogP contribution is 2.46. The Morgan fingerprint density at radius 3 is 2.16 bits per heavy atom. The number of hydrogen-bond acceptors (Lipinski definition) is 1. The van der Waals surface area contributed by atoms with Gasteiger partial charge in [0.05, 0.1) is 12.1 Å². The zero-order valence-corrected chi connectivity index (χ0v) is 23.2. The maximum absolute atomic E-state index is 7.94. The van der Waals surface area contributed by atoms with E-state index in [1.807, 2.05) is 25.1 Å². The molecule has 0 amide bonds. The Bertz CT molecular complexity index is 1720. The van der Waals surface area contributed by atoms with E-state index in [0.29, 0.717) is 5.69 Å². The third-order valence-corrected chi connectivity index (χ3v) is 7.65. The van der Waals surface area contributed by atoms with Gasteiger partial charge in [-0.3, -0.25) is 0 Å². The van der Waals surface area contributed by atoms with Crippen LogP contribution in [-0.4, -0.2) is 0 Å². The summed E-state index contributed by atoms with van der Waals surface area (Å²) < 4.78 is 9.11. The zero-order chi connectivity index (χ0) is 26.6. The van der Waals surface area contributed by atoms with Crippen LogP contribution in [0.25, 0.3) is 49.2 Å². The smallest absolute Gasteiger partial charge is 0.216 e. The largest absolute Gasteiger partial charge is 0.456 e. The number of aromatic nitrogens is 1. The van der Waals surface area contributed by atoms with E-state index in [-0.39, 0.29) is 5.41 Å². The molecule has 0 saturated heterocycles. The van der Waals surface area contributed by atoms with Gasteiger partial charge in [-0.25, -0.2) is 4.85 Å². The first-order chi connectivity index (χ1) is 17.5. The standard InChI is InChI=1S/C34H35N2O/c1-20-15-16-26-27-17-21(2)31(35-8)30(24-13-11-10-12-14-24)33(27)37-32(26)29(20)28-18-25(19-34(5,6)7)22(3)23(4)36(28)9/h10-18H,19H2,1-7,9H3/q+1. The number of hydrogen-bond donors (Lipinski definition) is 0. The predicted octanol–water partition coefficient (Wildman–Crippen LogP) is 9.12. The fourth-order valence-corrected chi connectivity index (χ4v) is 5.56. The number of furan rings is 1. The van der Waals surface area contributed by atoms with Crippen molar-refractivity contribution < 1.29 is 8.98 Å². The van der Waals surface area contributed by atoms with Gasteiger partial charge >= 0.3 is 0 Å². The first-order valence-corrected chi connectivity index (χ1v) is 12.9. The molecule has 0 saturated carbocycles. The second-order valence-corrected chi connectivity index (χ2v) is 11.6. The molecule has 0 aliphatic rings. The number of rotatable bonds is 3. The van der Waals surface area contributed by atoms with Crippen LogP contribution in [-0.2, 0) is 13.5 Å². The van der Waals surface area contributed by atoms with Gasteiger partial charge in [0, 0.05) is 34.9 Å². The first-order valence-electron chi connectivity index (χ1n) is 12.9. The minimum Gasteiger partial charge on any atom is -0.456 e. The first kappa shape index (κ1) is 24.8. The number of aryl methyl sites for hydroxylation is 2.